The van der Waals surface area contributed by atoms with Gasteiger partial charge in [0.1, 0.15) is 5.76 Å². The van der Waals surface area contributed by atoms with Crippen LogP contribution in [-0.2, 0) is 19.5 Å². The predicted molar refractivity (Wildman–Crippen MR) is 125 cm³/mol. The fourth-order valence-corrected chi connectivity index (χ4v) is 3.61. The zero-order chi connectivity index (χ0) is 20.9. The summed E-state index contributed by atoms with van der Waals surface area (Å²) in [5.74, 6) is 0.776. The van der Waals surface area contributed by atoms with Crippen LogP contribution in [0, 0.1) is 0 Å². The van der Waals surface area contributed by atoms with Crippen LogP contribution in [0.5, 0.6) is 0 Å². The Morgan fingerprint density at radius 2 is 1.90 bits per heavy atom. The molecule has 152 valence electrons. The summed E-state index contributed by atoms with van der Waals surface area (Å²) in [5, 5.41) is 4.80. The molecule has 0 aliphatic heterocycles. The maximum absolute atomic E-state index is 12.7. The van der Waals surface area contributed by atoms with Crippen molar-refractivity contribution in [1.82, 2.24) is 9.88 Å². The van der Waals surface area contributed by atoms with E-state index in [1.807, 2.05) is 65.6 Å². The molecule has 0 fully saturated rings. The minimum absolute atomic E-state index is 0.112. The predicted octanol–water partition coefficient (Wildman–Crippen LogP) is 5.08. The fraction of sp³-hybridized carbons (Fsp3) is 0.167. The Morgan fingerprint density at radius 1 is 1.07 bits per heavy atom. The highest BCUT2D eigenvalue weighted by Gasteiger charge is 2.15. The Kier molecular flexibility index (Phi) is 5.95. The van der Waals surface area contributed by atoms with Gasteiger partial charge in [0.05, 0.1) is 19.4 Å². The van der Waals surface area contributed by atoms with Crippen LogP contribution in [0.25, 0.3) is 10.9 Å². The first-order valence-corrected chi connectivity index (χ1v) is 10.3. The Morgan fingerprint density at radius 3 is 2.63 bits per heavy atom. The molecule has 5 nitrogen and oxygen atoms in total. The van der Waals surface area contributed by atoms with Crippen LogP contribution in [0.2, 0.25) is 0 Å². The smallest absolute Gasteiger partial charge is 0.253 e. The van der Waals surface area contributed by atoms with Crippen LogP contribution in [0.1, 0.15) is 23.8 Å². The maximum atomic E-state index is 12.7. The van der Waals surface area contributed by atoms with E-state index in [1.54, 1.807) is 6.26 Å². The first-order chi connectivity index (χ1) is 14.6. The Hall–Kier alpha value is -3.38. The lowest BCUT2D eigenvalue weighted by atomic mass is 10.1. The monoisotopic (exact) mass is 417 g/mol. The van der Waals surface area contributed by atoms with Crippen LogP contribution in [-0.4, -0.2) is 15.0 Å². The number of nitrogens with one attached hydrogen (secondary N) is 2. The van der Waals surface area contributed by atoms with Crippen molar-refractivity contribution in [2.75, 3.05) is 5.32 Å². The van der Waals surface area contributed by atoms with Gasteiger partial charge in [0.15, 0.2) is 5.11 Å². The standard InChI is InChI=1S/C24H23N3O2S/c1-2-17-10-11-22-18(13-17)14-19(23(28)26-22)15-27(16-21-9-6-12-29-21)24(30)25-20-7-4-3-5-8-20/h3-14H,2,15-16H2,1H3,(H,25,30)(H,26,28). The number of aromatic amines is 1. The number of pyridine rings is 1. The summed E-state index contributed by atoms with van der Waals surface area (Å²) >= 11 is 5.67. The van der Waals surface area contributed by atoms with Gasteiger partial charge in [-0.3, -0.25) is 4.79 Å². The summed E-state index contributed by atoms with van der Waals surface area (Å²) in [6.07, 6.45) is 2.58. The molecule has 0 aliphatic carbocycles. The van der Waals surface area contributed by atoms with Crippen molar-refractivity contribution < 1.29 is 4.42 Å². The minimum atomic E-state index is -0.112. The summed E-state index contributed by atoms with van der Waals surface area (Å²) in [6.45, 7) is 2.94. The van der Waals surface area contributed by atoms with Crippen LogP contribution in [0.3, 0.4) is 0 Å². The maximum Gasteiger partial charge on any atom is 0.253 e. The number of anilines is 1. The minimum Gasteiger partial charge on any atom is -0.467 e. The summed E-state index contributed by atoms with van der Waals surface area (Å²) in [6, 6.07) is 21.6. The number of furan rings is 1. The first-order valence-electron chi connectivity index (χ1n) is 9.90. The Labute approximate surface area is 180 Å². The molecule has 2 aromatic heterocycles. The van der Waals surface area contributed by atoms with Gasteiger partial charge in [0.25, 0.3) is 5.56 Å². The molecule has 0 bridgehead atoms. The van der Waals surface area contributed by atoms with Gasteiger partial charge in [0.2, 0.25) is 0 Å². The highest BCUT2D eigenvalue weighted by Crippen LogP contribution is 2.17. The number of H-pyrrole nitrogens is 1. The molecular formula is C24H23N3O2S. The van der Waals surface area contributed by atoms with Crippen LogP contribution < -0.4 is 10.9 Å². The van der Waals surface area contributed by atoms with Gasteiger partial charge in [-0.15, -0.1) is 0 Å². The van der Waals surface area contributed by atoms with E-state index in [9.17, 15) is 4.79 Å². The second kappa shape index (κ2) is 8.97. The average Bonchev–Trinajstić information content (AvgIpc) is 3.27. The number of aromatic nitrogens is 1. The fourth-order valence-electron chi connectivity index (χ4n) is 3.36. The molecular weight excluding hydrogens is 394 g/mol. The molecule has 2 heterocycles. The van der Waals surface area contributed by atoms with E-state index in [4.69, 9.17) is 16.6 Å². The largest absolute Gasteiger partial charge is 0.467 e. The second-order valence-corrected chi connectivity index (χ2v) is 7.52. The molecule has 6 heteroatoms. The van der Waals surface area contributed by atoms with E-state index in [2.05, 4.69) is 23.3 Å². The highest BCUT2D eigenvalue weighted by atomic mass is 32.1. The Bertz CT molecular complexity index is 1200. The number of hydrogen-bond donors (Lipinski definition) is 2. The van der Waals surface area contributed by atoms with Crippen molar-refractivity contribution in [3.05, 3.63) is 100 Å². The molecule has 0 atom stereocenters. The van der Waals surface area contributed by atoms with E-state index in [0.29, 0.717) is 23.8 Å². The Balaban J connectivity index is 1.64. The molecule has 4 rings (SSSR count). The summed E-state index contributed by atoms with van der Waals surface area (Å²) < 4.78 is 5.52. The van der Waals surface area contributed by atoms with Gasteiger partial charge in [0, 0.05) is 16.8 Å². The van der Waals surface area contributed by atoms with Crippen LogP contribution >= 0.6 is 12.2 Å². The molecule has 30 heavy (non-hydrogen) atoms. The lowest BCUT2D eigenvalue weighted by molar-refractivity contribution is 0.359. The summed E-state index contributed by atoms with van der Waals surface area (Å²) in [5.41, 5.74) is 3.50. The zero-order valence-corrected chi connectivity index (χ0v) is 17.5. The summed E-state index contributed by atoms with van der Waals surface area (Å²) in [4.78, 5) is 17.7. The van der Waals surface area contributed by atoms with E-state index in [0.717, 1.165) is 28.8 Å². The average molecular weight is 418 g/mol. The molecule has 0 amide bonds. The molecule has 0 saturated heterocycles. The molecule has 0 unspecified atom stereocenters. The number of para-hydroxylation sites is 1. The molecule has 0 aliphatic rings. The van der Waals surface area contributed by atoms with Crippen molar-refractivity contribution in [3.8, 4) is 0 Å². The quantitative estimate of drug-likeness (QED) is 0.428. The number of fused-ring (bicyclic) bond motifs is 1. The number of hydrogen-bond acceptors (Lipinski definition) is 3. The first kappa shape index (κ1) is 19.9. The molecule has 2 aromatic carbocycles. The molecule has 0 saturated carbocycles. The SMILES string of the molecule is CCc1ccc2[nH]c(=O)c(CN(Cc3ccco3)C(=S)Nc3ccccc3)cc2c1. The molecule has 0 spiro atoms. The van der Waals surface area contributed by atoms with Crippen LogP contribution in [0.15, 0.2) is 82.2 Å². The van der Waals surface area contributed by atoms with Crippen molar-refractivity contribution in [2.24, 2.45) is 0 Å². The number of benzene rings is 2. The van der Waals surface area contributed by atoms with Gasteiger partial charge < -0.3 is 19.6 Å². The van der Waals surface area contributed by atoms with Gasteiger partial charge in [-0.25, -0.2) is 0 Å². The number of nitrogens with zero attached hydrogens (tertiary/aromatic N) is 1. The van der Waals surface area contributed by atoms with Gasteiger partial charge in [-0.1, -0.05) is 31.2 Å². The third-order valence-electron chi connectivity index (χ3n) is 4.99. The van der Waals surface area contributed by atoms with Gasteiger partial charge in [-0.2, -0.15) is 0 Å². The normalized spacial score (nSPS) is 10.8. The lowest BCUT2D eigenvalue weighted by Crippen LogP contribution is -2.35. The number of thiocarbonyl (C=S) groups is 1. The van der Waals surface area contributed by atoms with Crippen molar-refractivity contribution in [2.45, 2.75) is 26.4 Å². The number of aryl methyl sites for hydroxylation is 1. The highest BCUT2D eigenvalue weighted by molar-refractivity contribution is 7.80. The summed E-state index contributed by atoms with van der Waals surface area (Å²) in [7, 11) is 0. The van der Waals surface area contributed by atoms with Gasteiger partial charge in [-0.05, 0) is 72.1 Å². The molecule has 0 radical (unpaired) electrons. The second-order valence-electron chi connectivity index (χ2n) is 7.13. The zero-order valence-electron chi connectivity index (χ0n) is 16.7. The van der Waals surface area contributed by atoms with Crippen molar-refractivity contribution >= 4 is 33.9 Å². The molecule has 2 N–H and O–H groups in total. The van der Waals surface area contributed by atoms with Crippen LogP contribution in [0.4, 0.5) is 5.69 Å². The van der Waals surface area contributed by atoms with Crippen molar-refractivity contribution in [3.63, 3.8) is 0 Å². The third kappa shape index (κ3) is 4.60. The van der Waals surface area contributed by atoms with E-state index in [-0.39, 0.29) is 5.56 Å². The third-order valence-corrected chi connectivity index (χ3v) is 5.35. The van der Waals surface area contributed by atoms with E-state index < -0.39 is 0 Å². The van der Waals surface area contributed by atoms with Crippen molar-refractivity contribution in [1.29, 1.82) is 0 Å². The van der Waals surface area contributed by atoms with E-state index in [1.165, 1.54) is 5.56 Å². The molecule has 4 aromatic rings. The lowest BCUT2D eigenvalue weighted by Gasteiger charge is -2.25. The number of rotatable bonds is 6. The van der Waals surface area contributed by atoms with E-state index >= 15 is 0 Å². The topological polar surface area (TPSA) is 61.3 Å². The van der Waals surface area contributed by atoms with Gasteiger partial charge >= 0.3 is 0 Å².